The predicted molar refractivity (Wildman–Crippen MR) is 64.9 cm³/mol. The Kier molecular flexibility index (Phi) is 3.53. The maximum absolute atomic E-state index is 11.9. The number of nitrogens with two attached hydrogens (primary N) is 1. The third kappa shape index (κ3) is 2.97. The quantitative estimate of drug-likeness (QED) is 0.770. The Labute approximate surface area is 98.2 Å². The van der Waals surface area contributed by atoms with Gasteiger partial charge in [0.2, 0.25) is 5.91 Å². The van der Waals surface area contributed by atoms with Crippen molar-refractivity contribution in [3.05, 3.63) is 0 Å². The molecule has 2 fully saturated rings. The van der Waals surface area contributed by atoms with Crippen LogP contribution in [0.4, 0.5) is 0 Å². The van der Waals surface area contributed by atoms with E-state index in [0.29, 0.717) is 18.4 Å². The van der Waals surface area contributed by atoms with Gasteiger partial charge in [-0.05, 0) is 57.8 Å². The number of carbonyl (C=O) groups excluding carboxylic acids is 1. The molecule has 2 aliphatic carbocycles. The second kappa shape index (κ2) is 4.74. The first-order chi connectivity index (χ1) is 7.57. The van der Waals surface area contributed by atoms with Gasteiger partial charge in [0.15, 0.2) is 0 Å². The lowest BCUT2D eigenvalue weighted by atomic mass is 9.78. The molecule has 0 unspecified atom stereocenters. The molecule has 0 bridgehead atoms. The molecule has 3 heteroatoms. The van der Waals surface area contributed by atoms with Gasteiger partial charge in [0.25, 0.3) is 0 Å². The zero-order chi connectivity index (χ0) is 11.6. The van der Waals surface area contributed by atoms with Crippen molar-refractivity contribution in [1.29, 1.82) is 0 Å². The molecule has 0 spiro atoms. The average molecular weight is 224 g/mol. The lowest BCUT2D eigenvalue weighted by Crippen LogP contribution is -2.51. The highest BCUT2D eigenvalue weighted by Gasteiger charge is 2.33. The predicted octanol–water partition coefficient (Wildman–Crippen LogP) is 1.95. The standard InChI is InChI=1S/C13H24N2O/c1-13(7-2-8-13)15-12(16)9-10-3-5-11(14)6-4-10/h10-11H,2-9,14H2,1H3,(H,15,16). The minimum Gasteiger partial charge on any atom is -0.351 e. The largest absolute Gasteiger partial charge is 0.351 e. The molecule has 0 heterocycles. The Morgan fingerprint density at radius 2 is 1.94 bits per heavy atom. The normalized spacial score (nSPS) is 32.9. The van der Waals surface area contributed by atoms with Gasteiger partial charge < -0.3 is 11.1 Å². The van der Waals surface area contributed by atoms with E-state index in [1.807, 2.05) is 0 Å². The van der Waals surface area contributed by atoms with E-state index < -0.39 is 0 Å². The van der Waals surface area contributed by atoms with Crippen molar-refractivity contribution in [2.45, 2.75) is 69.9 Å². The van der Waals surface area contributed by atoms with Crippen LogP contribution in [0.2, 0.25) is 0 Å². The van der Waals surface area contributed by atoms with Crippen molar-refractivity contribution in [3.8, 4) is 0 Å². The van der Waals surface area contributed by atoms with E-state index in [-0.39, 0.29) is 11.4 Å². The zero-order valence-electron chi connectivity index (χ0n) is 10.3. The molecule has 2 rings (SSSR count). The molecular formula is C13H24N2O. The minimum absolute atomic E-state index is 0.113. The summed E-state index contributed by atoms with van der Waals surface area (Å²) in [6.07, 6.45) is 8.71. The lowest BCUT2D eigenvalue weighted by Gasteiger charge is -2.39. The minimum atomic E-state index is 0.113. The second-order valence-electron chi connectivity index (χ2n) is 5.95. The van der Waals surface area contributed by atoms with Crippen LogP contribution < -0.4 is 11.1 Å². The summed E-state index contributed by atoms with van der Waals surface area (Å²) in [4.78, 5) is 11.9. The van der Waals surface area contributed by atoms with Gasteiger partial charge in [0.05, 0.1) is 0 Å². The van der Waals surface area contributed by atoms with Crippen LogP contribution in [0.1, 0.15) is 58.3 Å². The number of hydrogen-bond donors (Lipinski definition) is 2. The maximum Gasteiger partial charge on any atom is 0.220 e. The fraction of sp³-hybridized carbons (Fsp3) is 0.923. The topological polar surface area (TPSA) is 55.1 Å². The Morgan fingerprint density at radius 1 is 1.31 bits per heavy atom. The lowest BCUT2D eigenvalue weighted by molar-refractivity contribution is -0.125. The Hall–Kier alpha value is -0.570. The van der Waals surface area contributed by atoms with Crippen LogP contribution in [0.25, 0.3) is 0 Å². The van der Waals surface area contributed by atoms with Gasteiger partial charge >= 0.3 is 0 Å². The van der Waals surface area contributed by atoms with E-state index in [0.717, 1.165) is 38.5 Å². The fourth-order valence-electron chi connectivity index (χ4n) is 2.87. The Bertz CT molecular complexity index is 253. The van der Waals surface area contributed by atoms with E-state index in [9.17, 15) is 4.79 Å². The summed E-state index contributed by atoms with van der Waals surface area (Å²) in [7, 11) is 0. The molecule has 0 aromatic rings. The van der Waals surface area contributed by atoms with Gasteiger partial charge in [-0.3, -0.25) is 4.79 Å². The molecule has 92 valence electrons. The van der Waals surface area contributed by atoms with Crippen LogP contribution in [-0.2, 0) is 4.79 Å². The van der Waals surface area contributed by atoms with Crippen molar-refractivity contribution in [1.82, 2.24) is 5.32 Å². The molecule has 0 aromatic heterocycles. The number of nitrogens with one attached hydrogen (secondary N) is 1. The van der Waals surface area contributed by atoms with Crippen LogP contribution in [0, 0.1) is 5.92 Å². The van der Waals surface area contributed by atoms with E-state index >= 15 is 0 Å². The zero-order valence-corrected chi connectivity index (χ0v) is 10.3. The molecule has 2 saturated carbocycles. The SMILES string of the molecule is CC1(NC(=O)CC2CCC(N)CC2)CCC1. The molecule has 0 radical (unpaired) electrons. The summed E-state index contributed by atoms with van der Waals surface area (Å²) >= 11 is 0. The molecule has 3 N–H and O–H groups in total. The highest BCUT2D eigenvalue weighted by atomic mass is 16.1. The maximum atomic E-state index is 11.9. The smallest absolute Gasteiger partial charge is 0.220 e. The summed E-state index contributed by atoms with van der Waals surface area (Å²) in [5.74, 6) is 0.825. The van der Waals surface area contributed by atoms with Gasteiger partial charge in [-0.1, -0.05) is 0 Å². The summed E-state index contributed by atoms with van der Waals surface area (Å²) in [6, 6.07) is 0.378. The first-order valence-corrected chi connectivity index (χ1v) is 6.64. The van der Waals surface area contributed by atoms with Crippen molar-refractivity contribution < 1.29 is 4.79 Å². The van der Waals surface area contributed by atoms with Crippen LogP contribution >= 0.6 is 0 Å². The van der Waals surface area contributed by atoms with E-state index in [1.165, 1.54) is 6.42 Å². The molecule has 0 aliphatic heterocycles. The molecule has 0 aromatic carbocycles. The fourth-order valence-corrected chi connectivity index (χ4v) is 2.87. The number of carbonyl (C=O) groups is 1. The molecule has 0 saturated heterocycles. The number of amides is 1. The molecule has 1 amide bonds. The van der Waals surface area contributed by atoms with Gasteiger partial charge in [-0.15, -0.1) is 0 Å². The average Bonchev–Trinajstić information content (AvgIpc) is 2.19. The Balaban J connectivity index is 1.70. The molecular weight excluding hydrogens is 200 g/mol. The van der Waals surface area contributed by atoms with E-state index in [2.05, 4.69) is 12.2 Å². The Morgan fingerprint density at radius 3 is 2.44 bits per heavy atom. The van der Waals surface area contributed by atoms with Crippen LogP contribution in [0.3, 0.4) is 0 Å². The summed E-state index contributed by atoms with van der Waals surface area (Å²) in [5, 5.41) is 3.18. The summed E-state index contributed by atoms with van der Waals surface area (Å²) < 4.78 is 0. The highest BCUT2D eigenvalue weighted by molar-refractivity contribution is 5.77. The molecule has 2 aliphatic rings. The van der Waals surface area contributed by atoms with Crippen LogP contribution in [0.15, 0.2) is 0 Å². The van der Waals surface area contributed by atoms with Crippen molar-refractivity contribution in [2.75, 3.05) is 0 Å². The third-order valence-electron chi connectivity index (χ3n) is 4.26. The van der Waals surface area contributed by atoms with Crippen LogP contribution in [0.5, 0.6) is 0 Å². The van der Waals surface area contributed by atoms with Crippen molar-refractivity contribution in [2.24, 2.45) is 11.7 Å². The molecule has 3 nitrogen and oxygen atoms in total. The number of hydrogen-bond acceptors (Lipinski definition) is 2. The van der Waals surface area contributed by atoms with Gasteiger partial charge in [0, 0.05) is 18.0 Å². The van der Waals surface area contributed by atoms with Gasteiger partial charge in [-0.2, -0.15) is 0 Å². The third-order valence-corrected chi connectivity index (χ3v) is 4.26. The summed E-state index contributed by atoms with van der Waals surface area (Å²) in [6.45, 7) is 2.16. The van der Waals surface area contributed by atoms with Crippen molar-refractivity contribution >= 4 is 5.91 Å². The summed E-state index contributed by atoms with van der Waals surface area (Å²) in [5.41, 5.74) is 5.97. The first kappa shape index (κ1) is 11.9. The monoisotopic (exact) mass is 224 g/mol. The van der Waals surface area contributed by atoms with Crippen molar-refractivity contribution in [3.63, 3.8) is 0 Å². The highest BCUT2D eigenvalue weighted by Crippen LogP contribution is 2.32. The second-order valence-corrected chi connectivity index (χ2v) is 5.95. The van der Waals surface area contributed by atoms with Crippen LogP contribution in [-0.4, -0.2) is 17.5 Å². The first-order valence-electron chi connectivity index (χ1n) is 6.64. The van der Waals surface area contributed by atoms with E-state index in [1.54, 1.807) is 0 Å². The molecule has 0 atom stereocenters. The van der Waals surface area contributed by atoms with Gasteiger partial charge in [-0.25, -0.2) is 0 Å². The van der Waals surface area contributed by atoms with Gasteiger partial charge in [0.1, 0.15) is 0 Å². The molecule has 16 heavy (non-hydrogen) atoms. The number of rotatable bonds is 3. The van der Waals surface area contributed by atoms with E-state index in [4.69, 9.17) is 5.73 Å².